The molecule has 20 heavy (non-hydrogen) atoms. The molecule has 2 saturated heterocycles. The number of ether oxygens (including phenoxy) is 1. The third kappa shape index (κ3) is 4.44. The molecule has 0 radical (unpaired) electrons. The van der Waals surface area contributed by atoms with Crippen LogP contribution in [0, 0.1) is 11.8 Å². The van der Waals surface area contributed by atoms with Crippen molar-refractivity contribution in [1.82, 2.24) is 10.2 Å². The molecule has 2 atom stereocenters. The topological polar surface area (TPSA) is 24.5 Å². The minimum absolute atomic E-state index is 0.304. The summed E-state index contributed by atoms with van der Waals surface area (Å²) in [6.07, 6.45) is 5.03. The summed E-state index contributed by atoms with van der Waals surface area (Å²) in [7, 11) is 0. The van der Waals surface area contributed by atoms with E-state index < -0.39 is 0 Å². The van der Waals surface area contributed by atoms with Gasteiger partial charge in [-0.25, -0.2) is 0 Å². The van der Waals surface area contributed by atoms with Gasteiger partial charge in [0.1, 0.15) is 0 Å². The van der Waals surface area contributed by atoms with Crippen LogP contribution in [0.1, 0.15) is 53.4 Å². The van der Waals surface area contributed by atoms with Crippen molar-refractivity contribution in [1.29, 1.82) is 0 Å². The molecule has 2 unspecified atom stereocenters. The Hall–Kier alpha value is -0.120. The third-order valence-electron chi connectivity index (χ3n) is 5.19. The molecular weight excluding hydrogens is 248 g/mol. The quantitative estimate of drug-likeness (QED) is 0.839. The summed E-state index contributed by atoms with van der Waals surface area (Å²) in [6.45, 7) is 15.0. The van der Waals surface area contributed by atoms with Gasteiger partial charge in [0.25, 0.3) is 0 Å². The molecule has 2 aliphatic heterocycles. The molecule has 2 rings (SSSR count). The van der Waals surface area contributed by atoms with Gasteiger partial charge in [-0.1, -0.05) is 20.8 Å². The van der Waals surface area contributed by atoms with Crippen molar-refractivity contribution in [3.8, 4) is 0 Å². The van der Waals surface area contributed by atoms with Crippen LogP contribution in [0.4, 0.5) is 0 Å². The van der Waals surface area contributed by atoms with E-state index in [0.717, 1.165) is 37.6 Å². The van der Waals surface area contributed by atoms with Crippen LogP contribution in [0.5, 0.6) is 0 Å². The van der Waals surface area contributed by atoms with Crippen molar-refractivity contribution in [2.24, 2.45) is 11.8 Å². The van der Waals surface area contributed by atoms with Crippen LogP contribution < -0.4 is 5.32 Å². The third-order valence-corrected chi connectivity index (χ3v) is 5.19. The summed E-state index contributed by atoms with van der Waals surface area (Å²) >= 11 is 0. The van der Waals surface area contributed by atoms with Crippen molar-refractivity contribution in [2.75, 3.05) is 32.8 Å². The summed E-state index contributed by atoms with van der Waals surface area (Å²) in [5, 5.41) is 3.80. The molecule has 0 saturated carbocycles. The summed E-state index contributed by atoms with van der Waals surface area (Å²) < 4.78 is 5.51. The first-order valence-corrected chi connectivity index (χ1v) is 8.59. The van der Waals surface area contributed by atoms with E-state index in [9.17, 15) is 0 Å². The highest BCUT2D eigenvalue weighted by atomic mass is 16.5. The largest absolute Gasteiger partial charge is 0.381 e. The Kier molecular flexibility index (Phi) is 5.88. The van der Waals surface area contributed by atoms with Crippen molar-refractivity contribution in [2.45, 2.75) is 65.0 Å². The predicted molar refractivity (Wildman–Crippen MR) is 85.1 cm³/mol. The molecular formula is C17H34N2O. The number of piperazine rings is 1. The molecule has 2 fully saturated rings. The molecule has 118 valence electrons. The van der Waals surface area contributed by atoms with Crippen LogP contribution >= 0.6 is 0 Å². The van der Waals surface area contributed by atoms with E-state index in [-0.39, 0.29) is 0 Å². The molecule has 1 N–H and O–H groups in total. The number of nitrogens with one attached hydrogen (secondary N) is 1. The van der Waals surface area contributed by atoms with E-state index in [1.807, 2.05) is 0 Å². The summed E-state index contributed by atoms with van der Waals surface area (Å²) in [4.78, 5) is 2.79. The highest BCUT2D eigenvalue weighted by Gasteiger charge is 2.35. The molecule has 2 heterocycles. The molecule has 0 bridgehead atoms. The molecule has 0 aromatic rings. The monoisotopic (exact) mass is 282 g/mol. The highest BCUT2D eigenvalue weighted by Crippen LogP contribution is 2.25. The highest BCUT2D eigenvalue weighted by molar-refractivity contribution is 4.95. The first-order valence-electron chi connectivity index (χ1n) is 8.59. The van der Waals surface area contributed by atoms with E-state index in [0.29, 0.717) is 5.54 Å². The maximum atomic E-state index is 5.51. The van der Waals surface area contributed by atoms with Gasteiger partial charge in [-0.15, -0.1) is 0 Å². The van der Waals surface area contributed by atoms with Gasteiger partial charge >= 0.3 is 0 Å². The second-order valence-corrected chi connectivity index (χ2v) is 7.56. The molecule has 0 amide bonds. The summed E-state index contributed by atoms with van der Waals surface area (Å²) in [5.41, 5.74) is 0.304. The van der Waals surface area contributed by atoms with Gasteiger partial charge < -0.3 is 10.1 Å². The molecule has 3 nitrogen and oxygen atoms in total. The average molecular weight is 282 g/mol. The Morgan fingerprint density at radius 2 is 2.00 bits per heavy atom. The molecule has 3 heteroatoms. The minimum Gasteiger partial charge on any atom is -0.381 e. The zero-order valence-electron chi connectivity index (χ0n) is 14.0. The second kappa shape index (κ2) is 7.24. The molecule has 2 aliphatic rings. The first kappa shape index (κ1) is 16.3. The maximum Gasteiger partial charge on any atom is 0.0469 e. The SMILES string of the molecule is CCC1(C)CN(CC2CCOCC2)C(CC(C)C)CN1. The fraction of sp³-hybridized carbons (Fsp3) is 1.00. The zero-order valence-corrected chi connectivity index (χ0v) is 14.0. The lowest BCUT2D eigenvalue weighted by molar-refractivity contribution is 0.0193. The second-order valence-electron chi connectivity index (χ2n) is 7.56. The van der Waals surface area contributed by atoms with Gasteiger partial charge in [0, 0.05) is 44.4 Å². The van der Waals surface area contributed by atoms with Gasteiger partial charge in [0.2, 0.25) is 0 Å². The minimum atomic E-state index is 0.304. The van der Waals surface area contributed by atoms with Crippen LogP contribution in [0.3, 0.4) is 0 Å². The van der Waals surface area contributed by atoms with Crippen LogP contribution in [0.25, 0.3) is 0 Å². The van der Waals surface area contributed by atoms with Crippen molar-refractivity contribution in [3.63, 3.8) is 0 Å². The van der Waals surface area contributed by atoms with Crippen molar-refractivity contribution in [3.05, 3.63) is 0 Å². The van der Waals surface area contributed by atoms with Crippen LogP contribution in [-0.4, -0.2) is 49.3 Å². The van der Waals surface area contributed by atoms with E-state index in [4.69, 9.17) is 4.74 Å². The molecule has 0 aromatic heterocycles. The van der Waals surface area contributed by atoms with Crippen LogP contribution in [-0.2, 0) is 4.74 Å². The van der Waals surface area contributed by atoms with E-state index in [1.165, 1.54) is 38.8 Å². The van der Waals surface area contributed by atoms with Gasteiger partial charge in [0.15, 0.2) is 0 Å². The fourth-order valence-corrected chi connectivity index (χ4v) is 3.61. The predicted octanol–water partition coefficient (Wildman–Crippen LogP) is 2.90. The fourth-order valence-electron chi connectivity index (χ4n) is 3.61. The molecule has 0 aliphatic carbocycles. The molecule has 0 spiro atoms. The zero-order chi connectivity index (χ0) is 14.6. The van der Waals surface area contributed by atoms with E-state index in [1.54, 1.807) is 0 Å². The normalized spacial score (nSPS) is 33.8. The smallest absolute Gasteiger partial charge is 0.0469 e. The van der Waals surface area contributed by atoms with Crippen molar-refractivity contribution >= 4 is 0 Å². The number of rotatable bonds is 5. The Morgan fingerprint density at radius 1 is 1.30 bits per heavy atom. The van der Waals surface area contributed by atoms with Gasteiger partial charge in [-0.3, -0.25) is 4.90 Å². The van der Waals surface area contributed by atoms with Gasteiger partial charge in [-0.05, 0) is 44.4 Å². The first-order chi connectivity index (χ1) is 9.52. The van der Waals surface area contributed by atoms with Gasteiger partial charge in [-0.2, -0.15) is 0 Å². The van der Waals surface area contributed by atoms with E-state index in [2.05, 4.69) is 37.9 Å². The van der Waals surface area contributed by atoms with E-state index >= 15 is 0 Å². The average Bonchev–Trinajstić information content (AvgIpc) is 2.43. The molecule has 0 aromatic carbocycles. The Morgan fingerprint density at radius 3 is 2.60 bits per heavy atom. The van der Waals surface area contributed by atoms with Crippen LogP contribution in [0.2, 0.25) is 0 Å². The maximum absolute atomic E-state index is 5.51. The number of hydrogen-bond acceptors (Lipinski definition) is 3. The standard InChI is InChI=1S/C17H34N2O/c1-5-17(4)13-19(12-15-6-8-20-9-7-15)16(11-18-17)10-14(2)3/h14-16,18H,5-13H2,1-4H3. The Balaban J connectivity index is 1.96. The lowest BCUT2D eigenvalue weighted by Gasteiger charge is -2.48. The lowest BCUT2D eigenvalue weighted by atomic mass is 9.89. The summed E-state index contributed by atoms with van der Waals surface area (Å²) in [5.74, 6) is 1.63. The van der Waals surface area contributed by atoms with Crippen molar-refractivity contribution < 1.29 is 4.74 Å². The summed E-state index contributed by atoms with van der Waals surface area (Å²) in [6, 6.07) is 0.720. The lowest BCUT2D eigenvalue weighted by Crippen LogP contribution is -2.63. The number of hydrogen-bond donors (Lipinski definition) is 1. The van der Waals surface area contributed by atoms with Gasteiger partial charge in [0.05, 0.1) is 0 Å². The van der Waals surface area contributed by atoms with Crippen LogP contribution in [0.15, 0.2) is 0 Å². The Bertz CT molecular complexity index is 289. The number of nitrogens with zero attached hydrogens (tertiary/aromatic N) is 1. The Labute approximate surface area is 125 Å².